The van der Waals surface area contributed by atoms with Crippen molar-refractivity contribution in [3.05, 3.63) is 0 Å². The molecule has 0 aliphatic rings. The Balaban J connectivity index is 3.72. The van der Waals surface area contributed by atoms with E-state index < -0.39 is 5.41 Å². The highest BCUT2D eigenvalue weighted by molar-refractivity contribution is 6.19. The molecule has 0 fully saturated rings. The molecule has 0 unspecified atom stereocenters. The molecule has 6 heteroatoms. The van der Waals surface area contributed by atoms with Gasteiger partial charge in [0, 0.05) is 19.0 Å². The quantitative estimate of drug-likeness (QED) is 0.525. The highest BCUT2D eigenvalue weighted by Crippen LogP contribution is 2.16. The molecule has 0 aromatic carbocycles. The van der Waals surface area contributed by atoms with Crippen LogP contribution in [0, 0.1) is 16.7 Å². The lowest BCUT2D eigenvalue weighted by atomic mass is 9.95. The second kappa shape index (κ2) is 7.07. The van der Waals surface area contributed by atoms with E-state index in [1.54, 1.807) is 19.9 Å². The molecule has 0 spiro atoms. The summed E-state index contributed by atoms with van der Waals surface area (Å²) in [5.41, 5.74) is -0.613. The van der Waals surface area contributed by atoms with Crippen LogP contribution in [-0.4, -0.2) is 30.8 Å². The predicted octanol–water partition coefficient (Wildman–Crippen LogP) is 0.397. The highest BCUT2D eigenvalue weighted by Gasteiger charge is 2.25. The lowest BCUT2D eigenvalue weighted by Gasteiger charge is -2.20. The van der Waals surface area contributed by atoms with Gasteiger partial charge >= 0.3 is 0 Å². The van der Waals surface area contributed by atoms with E-state index in [4.69, 9.17) is 16.9 Å². The topological polar surface area (TPSA) is 82.0 Å². The second-order valence-electron chi connectivity index (χ2n) is 3.96. The molecular formula is C10H16ClN3O2. The first-order chi connectivity index (χ1) is 7.44. The monoisotopic (exact) mass is 245 g/mol. The summed E-state index contributed by atoms with van der Waals surface area (Å²) in [5, 5.41) is 13.4. The molecule has 2 N–H and O–H groups in total. The van der Waals surface area contributed by atoms with E-state index in [9.17, 15) is 9.59 Å². The van der Waals surface area contributed by atoms with E-state index >= 15 is 0 Å². The maximum absolute atomic E-state index is 11.5. The van der Waals surface area contributed by atoms with Crippen LogP contribution < -0.4 is 10.6 Å². The van der Waals surface area contributed by atoms with Gasteiger partial charge in [-0.2, -0.15) is 5.26 Å². The molecule has 16 heavy (non-hydrogen) atoms. The number of carbonyl (C=O) groups excluding carboxylic acids is 2. The van der Waals surface area contributed by atoms with Crippen LogP contribution in [0.4, 0.5) is 0 Å². The minimum Gasteiger partial charge on any atom is -0.354 e. The molecule has 0 saturated carbocycles. The van der Waals surface area contributed by atoms with Gasteiger partial charge in [-0.15, -0.1) is 11.6 Å². The Morgan fingerprint density at radius 1 is 1.31 bits per heavy atom. The standard InChI is InChI=1S/C10H16ClN3O2/c1-10(2,7-11)9(16)14-6-5-13-8(15)3-4-12/h3,5-7H2,1-2H3,(H,13,15)(H,14,16). The van der Waals surface area contributed by atoms with Crippen LogP contribution in [0.3, 0.4) is 0 Å². The average Bonchev–Trinajstić information content (AvgIpc) is 2.24. The van der Waals surface area contributed by atoms with Crippen molar-refractivity contribution < 1.29 is 9.59 Å². The molecule has 0 aromatic heterocycles. The summed E-state index contributed by atoms with van der Waals surface area (Å²) in [6, 6.07) is 1.73. The summed E-state index contributed by atoms with van der Waals surface area (Å²) in [7, 11) is 0. The van der Waals surface area contributed by atoms with Crippen molar-refractivity contribution in [2.24, 2.45) is 5.41 Å². The molecule has 0 aliphatic carbocycles. The Morgan fingerprint density at radius 2 is 1.88 bits per heavy atom. The molecule has 0 rings (SSSR count). The second-order valence-corrected chi connectivity index (χ2v) is 4.23. The fourth-order valence-electron chi connectivity index (χ4n) is 0.812. The minimum absolute atomic E-state index is 0.156. The van der Waals surface area contributed by atoms with Crippen LogP contribution in [0.2, 0.25) is 0 Å². The third-order valence-corrected chi connectivity index (χ3v) is 2.59. The summed E-state index contributed by atoms with van der Waals surface area (Å²) < 4.78 is 0. The van der Waals surface area contributed by atoms with Crippen LogP contribution >= 0.6 is 11.6 Å². The van der Waals surface area contributed by atoms with Gasteiger partial charge < -0.3 is 10.6 Å². The molecule has 90 valence electrons. The predicted molar refractivity (Wildman–Crippen MR) is 60.8 cm³/mol. The van der Waals surface area contributed by atoms with Crippen LogP contribution in [0.25, 0.3) is 0 Å². The first-order valence-electron chi connectivity index (χ1n) is 4.92. The highest BCUT2D eigenvalue weighted by atomic mass is 35.5. The van der Waals surface area contributed by atoms with Gasteiger partial charge in [-0.05, 0) is 13.8 Å². The van der Waals surface area contributed by atoms with E-state index in [-0.39, 0.29) is 24.1 Å². The Labute approximate surface area is 100 Å². The molecule has 0 atom stereocenters. The van der Waals surface area contributed by atoms with Crippen LogP contribution in [0.1, 0.15) is 20.3 Å². The van der Waals surface area contributed by atoms with Crippen molar-refractivity contribution in [2.75, 3.05) is 19.0 Å². The fraction of sp³-hybridized carbons (Fsp3) is 0.700. The third kappa shape index (κ3) is 5.56. The van der Waals surface area contributed by atoms with Gasteiger partial charge in [-0.25, -0.2) is 0 Å². The summed E-state index contributed by atoms with van der Waals surface area (Å²) in [6.45, 7) is 4.12. The van der Waals surface area contributed by atoms with Gasteiger partial charge in [0.05, 0.1) is 11.5 Å². The maximum Gasteiger partial charge on any atom is 0.234 e. The van der Waals surface area contributed by atoms with Gasteiger partial charge in [0.25, 0.3) is 0 Å². The van der Waals surface area contributed by atoms with Crippen molar-refractivity contribution >= 4 is 23.4 Å². The van der Waals surface area contributed by atoms with E-state index in [0.717, 1.165) is 0 Å². The molecule has 0 heterocycles. The summed E-state index contributed by atoms with van der Waals surface area (Å²) >= 11 is 5.63. The first kappa shape index (κ1) is 14.7. The van der Waals surface area contributed by atoms with Gasteiger partial charge in [0.1, 0.15) is 6.42 Å². The number of nitrogens with zero attached hydrogens (tertiary/aromatic N) is 1. The summed E-state index contributed by atoms with van der Waals surface area (Å²) in [6.07, 6.45) is -0.166. The first-order valence-corrected chi connectivity index (χ1v) is 5.45. The average molecular weight is 246 g/mol. The van der Waals surface area contributed by atoms with Gasteiger partial charge in [0.15, 0.2) is 0 Å². The van der Waals surface area contributed by atoms with Crippen LogP contribution in [-0.2, 0) is 9.59 Å². The minimum atomic E-state index is -0.613. The van der Waals surface area contributed by atoms with Gasteiger partial charge in [0.2, 0.25) is 11.8 Å². The Bertz CT molecular complexity index is 297. The molecule has 0 aliphatic heterocycles. The number of hydrogen-bond acceptors (Lipinski definition) is 3. The number of halogens is 1. The van der Waals surface area contributed by atoms with Crippen molar-refractivity contribution in [2.45, 2.75) is 20.3 Å². The molecule has 0 saturated heterocycles. The molecular weight excluding hydrogens is 230 g/mol. The maximum atomic E-state index is 11.5. The van der Waals surface area contributed by atoms with E-state index in [2.05, 4.69) is 10.6 Å². The SMILES string of the molecule is CC(C)(CCl)C(=O)NCCNC(=O)CC#N. The number of nitrogens with one attached hydrogen (secondary N) is 2. The normalized spacial score (nSPS) is 10.4. The van der Waals surface area contributed by atoms with Crippen molar-refractivity contribution in [3.8, 4) is 6.07 Å². The summed E-state index contributed by atoms with van der Waals surface area (Å²) in [4.78, 5) is 22.4. The smallest absolute Gasteiger partial charge is 0.234 e. The number of nitriles is 1. The lowest BCUT2D eigenvalue weighted by molar-refractivity contribution is -0.128. The van der Waals surface area contributed by atoms with E-state index in [1.165, 1.54) is 0 Å². The Kier molecular flexibility index (Phi) is 6.50. The van der Waals surface area contributed by atoms with Crippen molar-refractivity contribution in [1.82, 2.24) is 10.6 Å². The zero-order valence-corrected chi connectivity index (χ0v) is 10.2. The zero-order valence-electron chi connectivity index (χ0n) is 9.47. The van der Waals surface area contributed by atoms with Gasteiger partial charge in [-0.3, -0.25) is 9.59 Å². The van der Waals surface area contributed by atoms with Crippen molar-refractivity contribution in [3.63, 3.8) is 0 Å². The number of hydrogen-bond donors (Lipinski definition) is 2. The Morgan fingerprint density at radius 3 is 2.38 bits per heavy atom. The molecule has 0 bridgehead atoms. The third-order valence-electron chi connectivity index (χ3n) is 1.92. The van der Waals surface area contributed by atoms with Gasteiger partial charge in [-0.1, -0.05) is 0 Å². The van der Waals surface area contributed by atoms with Crippen molar-refractivity contribution in [1.29, 1.82) is 5.26 Å². The lowest BCUT2D eigenvalue weighted by Crippen LogP contribution is -2.41. The fourth-order valence-corrected chi connectivity index (χ4v) is 0.934. The van der Waals surface area contributed by atoms with E-state index in [0.29, 0.717) is 13.1 Å². The molecule has 2 amide bonds. The largest absolute Gasteiger partial charge is 0.354 e. The number of amides is 2. The molecule has 0 aromatic rings. The zero-order chi connectivity index (χ0) is 12.6. The number of alkyl halides is 1. The molecule has 0 radical (unpaired) electrons. The molecule has 5 nitrogen and oxygen atoms in total. The summed E-state index contributed by atoms with van der Waals surface area (Å²) in [5.74, 6) is -0.259. The van der Waals surface area contributed by atoms with Crippen LogP contribution in [0.5, 0.6) is 0 Å². The number of carbonyl (C=O) groups is 2. The number of rotatable bonds is 6. The Hall–Kier alpha value is -1.28. The van der Waals surface area contributed by atoms with Crippen LogP contribution in [0.15, 0.2) is 0 Å². The van der Waals surface area contributed by atoms with E-state index in [1.807, 2.05) is 0 Å².